The van der Waals surface area contributed by atoms with Gasteiger partial charge >= 0.3 is 6.18 Å². The first kappa shape index (κ1) is 13.9. The van der Waals surface area contributed by atoms with E-state index in [-0.39, 0.29) is 12.1 Å². The Morgan fingerprint density at radius 2 is 1.81 bits per heavy atom. The fraction of sp³-hybridized carbons (Fsp3) is 0.250. The number of rotatable bonds is 1. The smallest absolute Gasteiger partial charge is 0.378 e. The van der Waals surface area contributed by atoms with Gasteiger partial charge in [-0.15, -0.1) is 0 Å². The van der Waals surface area contributed by atoms with Crippen LogP contribution in [0.3, 0.4) is 0 Å². The molecule has 3 rings (SSSR count). The van der Waals surface area contributed by atoms with Gasteiger partial charge in [0.05, 0.1) is 11.6 Å². The summed E-state index contributed by atoms with van der Waals surface area (Å²) in [4.78, 5) is 0. The van der Waals surface area contributed by atoms with E-state index in [9.17, 15) is 13.2 Å². The number of anilines is 1. The lowest BCUT2D eigenvalue weighted by Crippen LogP contribution is -2.26. The van der Waals surface area contributed by atoms with E-state index in [4.69, 9.17) is 5.73 Å². The lowest BCUT2D eigenvalue weighted by atomic mass is 9.89. The number of alkyl halides is 3. The molecule has 0 aromatic heterocycles. The Morgan fingerprint density at radius 1 is 1.05 bits per heavy atom. The van der Waals surface area contributed by atoms with Crippen LogP contribution in [0.15, 0.2) is 48.5 Å². The molecule has 0 bridgehead atoms. The van der Waals surface area contributed by atoms with Crippen molar-refractivity contribution in [2.75, 3.05) is 5.32 Å². The van der Waals surface area contributed by atoms with Gasteiger partial charge in [-0.3, -0.25) is 0 Å². The molecule has 2 nitrogen and oxygen atoms in total. The molecule has 2 aromatic rings. The SMILES string of the molecule is NC1CC(c2cccc(C(F)(F)F)c2)Nc2ccccc21. The molecule has 0 amide bonds. The number of hydrogen-bond acceptors (Lipinski definition) is 2. The fourth-order valence-corrected chi connectivity index (χ4v) is 2.73. The Balaban J connectivity index is 1.93. The first-order chi connectivity index (χ1) is 9.95. The molecule has 1 heterocycles. The molecule has 0 fully saturated rings. The molecule has 0 spiro atoms. The second kappa shape index (κ2) is 5.07. The summed E-state index contributed by atoms with van der Waals surface area (Å²) in [5, 5.41) is 3.27. The van der Waals surface area contributed by atoms with E-state index in [2.05, 4.69) is 5.32 Å². The van der Waals surface area contributed by atoms with E-state index in [0.717, 1.165) is 17.3 Å². The average Bonchev–Trinajstić information content (AvgIpc) is 2.46. The third kappa shape index (κ3) is 2.74. The van der Waals surface area contributed by atoms with E-state index in [1.54, 1.807) is 6.07 Å². The normalized spacial score (nSPS) is 21.5. The third-order valence-corrected chi connectivity index (χ3v) is 3.80. The largest absolute Gasteiger partial charge is 0.416 e. The van der Waals surface area contributed by atoms with E-state index in [1.807, 2.05) is 24.3 Å². The fourth-order valence-electron chi connectivity index (χ4n) is 2.73. The lowest BCUT2D eigenvalue weighted by Gasteiger charge is -2.31. The standard InChI is InChI=1S/C16H15F3N2/c17-16(18,19)11-5-3-4-10(8-11)15-9-13(20)12-6-1-2-7-14(12)21-15/h1-8,13,15,21H,9,20H2. The highest BCUT2D eigenvalue weighted by Crippen LogP contribution is 2.38. The minimum atomic E-state index is -4.33. The van der Waals surface area contributed by atoms with Gasteiger partial charge in [0, 0.05) is 11.7 Å². The van der Waals surface area contributed by atoms with Crippen molar-refractivity contribution in [3.05, 3.63) is 65.2 Å². The average molecular weight is 292 g/mol. The molecule has 2 aromatic carbocycles. The van der Waals surface area contributed by atoms with E-state index in [0.29, 0.717) is 12.0 Å². The Labute approximate surface area is 120 Å². The predicted octanol–water partition coefficient (Wildman–Crippen LogP) is 4.26. The van der Waals surface area contributed by atoms with Crippen molar-refractivity contribution in [1.82, 2.24) is 0 Å². The molecule has 2 atom stereocenters. The number of para-hydroxylation sites is 1. The van der Waals surface area contributed by atoms with Gasteiger partial charge < -0.3 is 11.1 Å². The molecule has 1 aliphatic heterocycles. The summed E-state index contributed by atoms with van der Waals surface area (Å²) in [6, 6.07) is 12.7. The van der Waals surface area contributed by atoms with E-state index < -0.39 is 11.7 Å². The maximum atomic E-state index is 12.8. The van der Waals surface area contributed by atoms with Crippen molar-refractivity contribution in [1.29, 1.82) is 0 Å². The van der Waals surface area contributed by atoms with Gasteiger partial charge in [0.2, 0.25) is 0 Å². The second-order valence-corrected chi connectivity index (χ2v) is 5.25. The number of hydrogen-bond donors (Lipinski definition) is 2. The van der Waals surface area contributed by atoms with Crippen molar-refractivity contribution < 1.29 is 13.2 Å². The van der Waals surface area contributed by atoms with Crippen molar-refractivity contribution in [3.63, 3.8) is 0 Å². The molecule has 0 saturated heterocycles. The molecule has 1 aliphatic rings. The lowest BCUT2D eigenvalue weighted by molar-refractivity contribution is -0.137. The zero-order valence-corrected chi connectivity index (χ0v) is 11.2. The highest BCUT2D eigenvalue weighted by atomic mass is 19.4. The molecule has 2 unspecified atom stereocenters. The van der Waals surface area contributed by atoms with Gasteiger partial charge in [0.1, 0.15) is 0 Å². The minimum Gasteiger partial charge on any atom is -0.378 e. The van der Waals surface area contributed by atoms with Gasteiger partial charge in [-0.1, -0.05) is 30.3 Å². The van der Waals surface area contributed by atoms with Crippen molar-refractivity contribution >= 4 is 5.69 Å². The first-order valence-corrected chi connectivity index (χ1v) is 6.73. The van der Waals surface area contributed by atoms with Crippen LogP contribution in [0.2, 0.25) is 0 Å². The quantitative estimate of drug-likeness (QED) is 0.824. The predicted molar refractivity (Wildman–Crippen MR) is 75.8 cm³/mol. The first-order valence-electron chi connectivity index (χ1n) is 6.73. The molecule has 3 N–H and O–H groups in total. The van der Waals surface area contributed by atoms with Crippen LogP contribution in [0.25, 0.3) is 0 Å². The van der Waals surface area contributed by atoms with Gasteiger partial charge in [-0.25, -0.2) is 0 Å². The van der Waals surface area contributed by atoms with Crippen LogP contribution < -0.4 is 11.1 Å². The van der Waals surface area contributed by atoms with Gasteiger partial charge in [-0.2, -0.15) is 13.2 Å². The molecule has 110 valence electrons. The molecule has 0 radical (unpaired) electrons. The van der Waals surface area contributed by atoms with Gasteiger partial charge in [0.25, 0.3) is 0 Å². The Kier molecular flexibility index (Phi) is 3.37. The van der Waals surface area contributed by atoms with Crippen LogP contribution in [0.1, 0.15) is 35.2 Å². The van der Waals surface area contributed by atoms with E-state index >= 15 is 0 Å². The number of nitrogens with one attached hydrogen (secondary N) is 1. The van der Waals surface area contributed by atoms with Crippen LogP contribution in [0.5, 0.6) is 0 Å². The summed E-state index contributed by atoms with van der Waals surface area (Å²) in [5.41, 5.74) is 8.00. The summed E-state index contributed by atoms with van der Waals surface area (Å²) >= 11 is 0. The minimum absolute atomic E-state index is 0.179. The Morgan fingerprint density at radius 3 is 2.57 bits per heavy atom. The second-order valence-electron chi connectivity index (χ2n) is 5.25. The van der Waals surface area contributed by atoms with Gasteiger partial charge in [-0.05, 0) is 35.7 Å². The van der Waals surface area contributed by atoms with Gasteiger partial charge in [0.15, 0.2) is 0 Å². The monoisotopic (exact) mass is 292 g/mol. The zero-order chi connectivity index (χ0) is 15.0. The number of nitrogens with two attached hydrogens (primary N) is 1. The summed E-state index contributed by atoms with van der Waals surface area (Å²) in [5.74, 6) is 0. The molecule has 21 heavy (non-hydrogen) atoms. The van der Waals surface area contributed by atoms with Crippen LogP contribution in [-0.2, 0) is 6.18 Å². The van der Waals surface area contributed by atoms with Crippen molar-refractivity contribution in [2.45, 2.75) is 24.7 Å². The maximum Gasteiger partial charge on any atom is 0.416 e. The number of fused-ring (bicyclic) bond motifs is 1. The molecule has 0 aliphatic carbocycles. The molecular weight excluding hydrogens is 277 g/mol. The maximum absolute atomic E-state index is 12.8. The molecular formula is C16H15F3N2. The van der Waals surface area contributed by atoms with Crippen molar-refractivity contribution in [2.24, 2.45) is 5.73 Å². The van der Waals surface area contributed by atoms with Crippen LogP contribution in [0, 0.1) is 0 Å². The summed E-state index contributed by atoms with van der Waals surface area (Å²) in [7, 11) is 0. The topological polar surface area (TPSA) is 38.0 Å². The third-order valence-electron chi connectivity index (χ3n) is 3.80. The summed E-state index contributed by atoms with van der Waals surface area (Å²) in [6.45, 7) is 0. The molecule has 0 saturated carbocycles. The number of halogens is 3. The van der Waals surface area contributed by atoms with Crippen LogP contribution >= 0.6 is 0 Å². The van der Waals surface area contributed by atoms with Crippen LogP contribution in [0.4, 0.5) is 18.9 Å². The molecule has 5 heteroatoms. The summed E-state index contributed by atoms with van der Waals surface area (Å²) < 4.78 is 38.4. The van der Waals surface area contributed by atoms with E-state index in [1.165, 1.54) is 12.1 Å². The highest BCUT2D eigenvalue weighted by molar-refractivity contribution is 5.56. The zero-order valence-electron chi connectivity index (χ0n) is 11.2. The van der Waals surface area contributed by atoms with Crippen molar-refractivity contribution in [3.8, 4) is 0 Å². The van der Waals surface area contributed by atoms with Crippen LogP contribution in [-0.4, -0.2) is 0 Å². The number of benzene rings is 2. The Hall–Kier alpha value is -2.01. The summed E-state index contributed by atoms with van der Waals surface area (Å²) in [6.07, 6.45) is -3.76. The Bertz CT molecular complexity index is 652. The highest BCUT2D eigenvalue weighted by Gasteiger charge is 2.32.